The fourth-order valence-electron chi connectivity index (χ4n) is 3.48. The first-order chi connectivity index (χ1) is 15.8. The minimum absolute atomic E-state index is 0.0734. The average molecular weight is 423 g/mol. The number of aryl methyl sites for hydroxylation is 1. The Balaban J connectivity index is 1.35. The lowest BCUT2D eigenvalue weighted by Crippen LogP contribution is -2.05. The van der Waals surface area contributed by atoms with Crippen molar-refractivity contribution in [3.63, 3.8) is 0 Å². The minimum Gasteiger partial charge on any atom is -0.489 e. The number of carbonyl (C=O) groups excluding carboxylic acids is 1. The van der Waals surface area contributed by atoms with Gasteiger partial charge in [-0.25, -0.2) is 0 Å². The zero-order valence-corrected chi connectivity index (χ0v) is 17.9. The van der Waals surface area contributed by atoms with E-state index in [1.807, 2.05) is 109 Å². The largest absolute Gasteiger partial charge is 0.489 e. The molecule has 0 N–H and O–H groups in total. The lowest BCUT2D eigenvalue weighted by molar-refractivity contribution is 0.0978. The summed E-state index contributed by atoms with van der Waals surface area (Å²) in [6.45, 7) is 0.960. The summed E-state index contributed by atoms with van der Waals surface area (Å²) in [5, 5.41) is 0. The number of carbonyl (C=O) groups is 1. The Hall–Kier alpha value is -3.85. The maximum atomic E-state index is 12.9. The van der Waals surface area contributed by atoms with Crippen molar-refractivity contribution >= 4 is 5.78 Å². The summed E-state index contributed by atoms with van der Waals surface area (Å²) >= 11 is 0. The average Bonchev–Trinajstić information content (AvgIpc) is 2.86. The van der Waals surface area contributed by atoms with E-state index in [-0.39, 0.29) is 5.78 Å². The molecular formula is C29H26O3. The molecular weight excluding hydrogens is 396 g/mol. The second-order valence-electron chi connectivity index (χ2n) is 7.62. The molecule has 0 aromatic heterocycles. The van der Waals surface area contributed by atoms with Crippen LogP contribution in [0.1, 0.15) is 33.5 Å². The molecule has 4 aromatic rings. The van der Waals surface area contributed by atoms with Crippen LogP contribution in [0.4, 0.5) is 0 Å². The lowest BCUT2D eigenvalue weighted by Gasteiger charge is -2.11. The Morgan fingerprint density at radius 3 is 1.91 bits per heavy atom. The van der Waals surface area contributed by atoms with Crippen LogP contribution in [0.2, 0.25) is 0 Å². The fourth-order valence-corrected chi connectivity index (χ4v) is 3.48. The molecule has 0 saturated carbocycles. The van der Waals surface area contributed by atoms with Gasteiger partial charge in [-0.15, -0.1) is 0 Å². The molecule has 0 saturated heterocycles. The third kappa shape index (κ3) is 6.08. The molecule has 0 amide bonds. The van der Waals surface area contributed by atoms with Gasteiger partial charge in [-0.05, 0) is 47.4 Å². The number of para-hydroxylation sites is 1. The predicted octanol–water partition coefficient (Wildman–Crippen LogP) is 6.66. The van der Waals surface area contributed by atoms with E-state index in [2.05, 4.69) is 0 Å². The molecule has 0 aliphatic rings. The van der Waals surface area contributed by atoms with Crippen LogP contribution in [-0.2, 0) is 19.6 Å². The molecule has 0 fully saturated rings. The highest BCUT2D eigenvalue weighted by atomic mass is 16.5. The summed E-state index contributed by atoms with van der Waals surface area (Å²) in [7, 11) is 0. The summed E-state index contributed by atoms with van der Waals surface area (Å²) < 4.78 is 11.9. The van der Waals surface area contributed by atoms with Crippen molar-refractivity contribution in [2.45, 2.75) is 26.1 Å². The zero-order valence-electron chi connectivity index (χ0n) is 17.9. The Morgan fingerprint density at radius 1 is 0.594 bits per heavy atom. The second-order valence-corrected chi connectivity index (χ2v) is 7.62. The summed E-state index contributed by atoms with van der Waals surface area (Å²) in [5.74, 6) is 1.51. The fraction of sp³-hybridized carbons (Fsp3) is 0.138. The van der Waals surface area contributed by atoms with Gasteiger partial charge in [-0.2, -0.15) is 0 Å². The summed E-state index contributed by atoms with van der Waals surface area (Å²) in [4.78, 5) is 12.9. The van der Waals surface area contributed by atoms with Gasteiger partial charge >= 0.3 is 0 Å². The first kappa shape index (κ1) is 21.4. The molecule has 0 bridgehead atoms. The number of hydrogen-bond donors (Lipinski definition) is 0. The Morgan fingerprint density at radius 2 is 1.19 bits per heavy atom. The van der Waals surface area contributed by atoms with Gasteiger partial charge in [0.05, 0.1) is 5.56 Å². The third-order valence-electron chi connectivity index (χ3n) is 5.21. The first-order valence-electron chi connectivity index (χ1n) is 10.8. The highest BCUT2D eigenvalue weighted by molar-refractivity contribution is 5.98. The van der Waals surface area contributed by atoms with Gasteiger partial charge in [0.2, 0.25) is 0 Å². The molecule has 0 heterocycles. The van der Waals surface area contributed by atoms with Crippen LogP contribution in [-0.4, -0.2) is 5.78 Å². The zero-order chi connectivity index (χ0) is 22.0. The molecule has 32 heavy (non-hydrogen) atoms. The van der Waals surface area contributed by atoms with Crippen LogP contribution in [0.3, 0.4) is 0 Å². The van der Waals surface area contributed by atoms with Crippen molar-refractivity contribution < 1.29 is 14.3 Å². The first-order valence-corrected chi connectivity index (χ1v) is 10.8. The Labute approximate surface area is 189 Å². The van der Waals surface area contributed by atoms with Gasteiger partial charge in [-0.1, -0.05) is 84.9 Å². The van der Waals surface area contributed by atoms with Gasteiger partial charge in [0.1, 0.15) is 24.7 Å². The van der Waals surface area contributed by atoms with Gasteiger partial charge in [-0.3, -0.25) is 4.79 Å². The molecule has 0 unspecified atom stereocenters. The number of rotatable bonds is 10. The van der Waals surface area contributed by atoms with Crippen molar-refractivity contribution in [3.05, 3.63) is 131 Å². The predicted molar refractivity (Wildman–Crippen MR) is 127 cm³/mol. The smallest absolute Gasteiger partial charge is 0.166 e. The van der Waals surface area contributed by atoms with E-state index in [9.17, 15) is 4.79 Å². The minimum atomic E-state index is 0.0734. The Kier molecular flexibility index (Phi) is 7.33. The van der Waals surface area contributed by atoms with Gasteiger partial charge < -0.3 is 9.47 Å². The van der Waals surface area contributed by atoms with Crippen LogP contribution < -0.4 is 9.47 Å². The monoisotopic (exact) mass is 422 g/mol. The van der Waals surface area contributed by atoms with Crippen molar-refractivity contribution in [1.29, 1.82) is 0 Å². The molecule has 0 aliphatic carbocycles. The highest BCUT2D eigenvalue weighted by Crippen LogP contribution is 2.23. The van der Waals surface area contributed by atoms with Crippen LogP contribution in [0.15, 0.2) is 109 Å². The lowest BCUT2D eigenvalue weighted by atomic mass is 10.0. The maximum Gasteiger partial charge on any atom is 0.166 e. The molecule has 3 heteroatoms. The van der Waals surface area contributed by atoms with E-state index in [1.165, 1.54) is 0 Å². The van der Waals surface area contributed by atoms with Crippen LogP contribution in [0, 0.1) is 0 Å². The molecule has 0 spiro atoms. The van der Waals surface area contributed by atoms with E-state index in [0.717, 1.165) is 22.4 Å². The SMILES string of the molecule is O=C(CCc1cccc(OCc2ccccc2)c1)c1ccccc1OCc1ccccc1. The quantitative estimate of drug-likeness (QED) is 0.268. The van der Waals surface area contributed by atoms with Crippen LogP contribution in [0.25, 0.3) is 0 Å². The molecule has 0 radical (unpaired) electrons. The summed E-state index contributed by atoms with van der Waals surface area (Å²) in [5.41, 5.74) is 3.90. The third-order valence-corrected chi connectivity index (χ3v) is 5.21. The second kappa shape index (κ2) is 11.0. The maximum absolute atomic E-state index is 12.9. The summed E-state index contributed by atoms with van der Waals surface area (Å²) in [6.07, 6.45) is 1.06. The van der Waals surface area contributed by atoms with E-state index in [1.54, 1.807) is 0 Å². The molecule has 4 aromatic carbocycles. The van der Waals surface area contributed by atoms with E-state index >= 15 is 0 Å². The van der Waals surface area contributed by atoms with Crippen molar-refractivity contribution in [1.82, 2.24) is 0 Å². The normalized spacial score (nSPS) is 10.5. The number of benzene rings is 4. The number of ketones is 1. The molecule has 4 rings (SSSR count). The van der Waals surface area contributed by atoms with Gasteiger partial charge in [0, 0.05) is 6.42 Å². The Bertz CT molecular complexity index is 1140. The molecule has 160 valence electrons. The van der Waals surface area contributed by atoms with Crippen molar-refractivity contribution in [3.8, 4) is 11.5 Å². The summed E-state index contributed by atoms with van der Waals surface area (Å²) in [6, 6.07) is 35.4. The standard InChI is InChI=1S/C29H26O3/c30-28(27-16-7-8-17-29(27)32-22-25-12-5-2-6-13-25)19-18-23-14-9-15-26(20-23)31-21-24-10-3-1-4-11-24/h1-17,20H,18-19,21-22H2. The molecule has 0 atom stereocenters. The van der Waals surface area contributed by atoms with Crippen LogP contribution in [0.5, 0.6) is 11.5 Å². The topological polar surface area (TPSA) is 35.5 Å². The van der Waals surface area contributed by atoms with Crippen LogP contribution >= 0.6 is 0 Å². The van der Waals surface area contributed by atoms with E-state index in [4.69, 9.17) is 9.47 Å². The van der Waals surface area contributed by atoms with E-state index in [0.29, 0.717) is 37.4 Å². The number of hydrogen-bond acceptors (Lipinski definition) is 3. The number of ether oxygens (including phenoxy) is 2. The molecule has 3 nitrogen and oxygen atoms in total. The van der Waals surface area contributed by atoms with Crippen molar-refractivity contribution in [2.75, 3.05) is 0 Å². The van der Waals surface area contributed by atoms with Gasteiger partial charge in [0.25, 0.3) is 0 Å². The van der Waals surface area contributed by atoms with E-state index < -0.39 is 0 Å². The number of Topliss-reactive ketones (excluding diaryl/α,β-unsaturated/α-hetero) is 1. The highest BCUT2D eigenvalue weighted by Gasteiger charge is 2.13. The molecule has 0 aliphatic heterocycles. The van der Waals surface area contributed by atoms with Crippen molar-refractivity contribution in [2.24, 2.45) is 0 Å². The van der Waals surface area contributed by atoms with Gasteiger partial charge in [0.15, 0.2) is 5.78 Å².